The third kappa shape index (κ3) is 5.86. The number of carbonyl (C=O) groups excluding carboxylic acids is 2. The molecule has 0 saturated carbocycles. The Morgan fingerprint density at radius 2 is 1.59 bits per heavy atom. The zero-order chi connectivity index (χ0) is 26.4. The van der Waals surface area contributed by atoms with E-state index < -0.39 is 11.2 Å². The van der Waals surface area contributed by atoms with Crippen LogP contribution in [0.1, 0.15) is 31.4 Å². The highest BCUT2D eigenvalue weighted by Gasteiger charge is 2.17. The summed E-state index contributed by atoms with van der Waals surface area (Å²) in [4.78, 5) is 51.8. The lowest BCUT2D eigenvalue weighted by Gasteiger charge is -2.15. The van der Waals surface area contributed by atoms with Gasteiger partial charge in [0.25, 0.3) is 5.56 Å². The lowest BCUT2D eigenvalue weighted by Crippen LogP contribution is -2.40. The molecule has 0 bridgehead atoms. The van der Waals surface area contributed by atoms with Crippen molar-refractivity contribution < 1.29 is 9.59 Å². The van der Waals surface area contributed by atoms with Gasteiger partial charge < -0.3 is 10.6 Å². The highest BCUT2D eigenvalue weighted by atomic mass is 16.2. The van der Waals surface area contributed by atoms with E-state index in [0.717, 1.165) is 28.5 Å². The lowest BCUT2D eigenvalue weighted by molar-refractivity contribution is -0.120. The van der Waals surface area contributed by atoms with Crippen molar-refractivity contribution in [2.75, 3.05) is 11.9 Å². The van der Waals surface area contributed by atoms with E-state index in [1.165, 1.54) is 4.57 Å². The van der Waals surface area contributed by atoms with Gasteiger partial charge in [-0.15, -0.1) is 0 Å². The Balaban J connectivity index is 1.68. The number of aryl methyl sites for hydroxylation is 1. The second kappa shape index (κ2) is 11.5. The van der Waals surface area contributed by atoms with E-state index in [-0.39, 0.29) is 24.8 Å². The number of nitrogens with one attached hydrogen (secondary N) is 2. The normalized spacial score (nSPS) is 10.9. The van der Waals surface area contributed by atoms with Gasteiger partial charge in [-0.1, -0.05) is 50.2 Å². The predicted octanol–water partition coefficient (Wildman–Crippen LogP) is 3.42. The monoisotopic (exact) mass is 498 g/mol. The standard InChI is InChI=1S/C29H30N4O4/c1-3-16-30-26(34)18-21-12-14-23(15-13-21)33-28(36)24-10-5-6-11-25(24)32(29(33)37)19-27(35)31-22-9-7-8-20(4-2)17-22/h5-15,17H,3-4,16,18-19H2,1-2H3,(H,30,34)(H,31,35). The maximum atomic E-state index is 13.6. The fourth-order valence-electron chi connectivity index (χ4n) is 4.19. The number of hydrogen-bond acceptors (Lipinski definition) is 4. The van der Waals surface area contributed by atoms with Crippen LogP contribution in [0.15, 0.2) is 82.4 Å². The summed E-state index contributed by atoms with van der Waals surface area (Å²) in [5.74, 6) is -0.463. The van der Waals surface area contributed by atoms with Crippen LogP contribution in [-0.4, -0.2) is 27.5 Å². The smallest absolute Gasteiger partial charge is 0.336 e. The number of hydrogen-bond donors (Lipinski definition) is 2. The lowest BCUT2D eigenvalue weighted by atomic mass is 10.1. The molecule has 8 heteroatoms. The third-order valence-corrected chi connectivity index (χ3v) is 6.10. The Labute approximate surface area is 214 Å². The van der Waals surface area contributed by atoms with Gasteiger partial charge in [-0.2, -0.15) is 0 Å². The molecule has 0 fully saturated rings. The highest BCUT2D eigenvalue weighted by Crippen LogP contribution is 2.14. The summed E-state index contributed by atoms with van der Waals surface area (Å²) in [5.41, 5.74) is 2.16. The van der Waals surface area contributed by atoms with Crippen molar-refractivity contribution in [1.29, 1.82) is 0 Å². The molecule has 2 N–H and O–H groups in total. The molecule has 0 aliphatic heterocycles. The van der Waals surface area contributed by atoms with E-state index in [0.29, 0.717) is 28.8 Å². The Hall–Kier alpha value is -4.46. The predicted molar refractivity (Wildman–Crippen MR) is 145 cm³/mol. The van der Waals surface area contributed by atoms with Crippen LogP contribution in [0.5, 0.6) is 0 Å². The van der Waals surface area contributed by atoms with Gasteiger partial charge in [0.15, 0.2) is 0 Å². The molecule has 0 atom stereocenters. The molecule has 0 radical (unpaired) electrons. The third-order valence-electron chi connectivity index (χ3n) is 6.10. The first kappa shape index (κ1) is 25.6. The molecule has 3 aromatic carbocycles. The van der Waals surface area contributed by atoms with Crippen LogP contribution in [0.2, 0.25) is 0 Å². The van der Waals surface area contributed by atoms with Crippen molar-refractivity contribution in [3.8, 4) is 5.69 Å². The first-order valence-electron chi connectivity index (χ1n) is 12.4. The minimum Gasteiger partial charge on any atom is -0.356 e. The summed E-state index contributed by atoms with van der Waals surface area (Å²) in [5, 5.41) is 6.00. The van der Waals surface area contributed by atoms with E-state index in [9.17, 15) is 19.2 Å². The molecule has 1 heterocycles. The number of carbonyl (C=O) groups is 2. The van der Waals surface area contributed by atoms with Gasteiger partial charge in [0, 0.05) is 12.2 Å². The molecule has 37 heavy (non-hydrogen) atoms. The van der Waals surface area contributed by atoms with Gasteiger partial charge in [0.05, 0.1) is 23.0 Å². The molecule has 4 aromatic rings. The summed E-state index contributed by atoms with van der Waals surface area (Å²) >= 11 is 0. The summed E-state index contributed by atoms with van der Waals surface area (Å²) in [6.45, 7) is 4.37. The van der Waals surface area contributed by atoms with Gasteiger partial charge >= 0.3 is 5.69 Å². The number of amides is 2. The number of aromatic nitrogens is 2. The SMILES string of the molecule is CCCNC(=O)Cc1ccc(-n2c(=O)c3ccccc3n(CC(=O)Nc3cccc(CC)c3)c2=O)cc1. The molecular weight excluding hydrogens is 468 g/mol. The molecule has 190 valence electrons. The van der Waals surface area contributed by atoms with Crippen molar-refractivity contribution in [3.63, 3.8) is 0 Å². The van der Waals surface area contributed by atoms with E-state index in [1.54, 1.807) is 54.6 Å². The van der Waals surface area contributed by atoms with Crippen LogP contribution in [0.25, 0.3) is 16.6 Å². The number of benzene rings is 3. The van der Waals surface area contributed by atoms with Gasteiger partial charge in [-0.3, -0.25) is 19.0 Å². The molecule has 0 unspecified atom stereocenters. The second-order valence-electron chi connectivity index (χ2n) is 8.82. The Morgan fingerprint density at radius 3 is 2.32 bits per heavy atom. The Morgan fingerprint density at radius 1 is 0.838 bits per heavy atom. The quantitative estimate of drug-likeness (QED) is 0.369. The average molecular weight is 499 g/mol. The van der Waals surface area contributed by atoms with Gasteiger partial charge in [0.1, 0.15) is 6.54 Å². The fraction of sp³-hybridized carbons (Fsp3) is 0.241. The van der Waals surface area contributed by atoms with E-state index in [2.05, 4.69) is 10.6 Å². The zero-order valence-electron chi connectivity index (χ0n) is 21.0. The van der Waals surface area contributed by atoms with Gasteiger partial charge in [-0.05, 0) is 60.4 Å². The van der Waals surface area contributed by atoms with E-state index >= 15 is 0 Å². The zero-order valence-corrected chi connectivity index (χ0v) is 21.0. The van der Waals surface area contributed by atoms with Crippen LogP contribution in [0, 0.1) is 0 Å². The molecule has 0 aliphatic rings. The molecule has 0 saturated heterocycles. The first-order chi connectivity index (χ1) is 17.9. The number of nitrogens with zero attached hydrogens (tertiary/aromatic N) is 2. The van der Waals surface area contributed by atoms with E-state index in [1.807, 2.05) is 32.0 Å². The van der Waals surface area contributed by atoms with Crippen LogP contribution in [-0.2, 0) is 29.0 Å². The van der Waals surface area contributed by atoms with Crippen molar-refractivity contribution in [2.24, 2.45) is 0 Å². The summed E-state index contributed by atoms with van der Waals surface area (Å²) in [7, 11) is 0. The molecule has 2 amide bonds. The minimum absolute atomic E-state index is 0.0877. The van der Waals surface area contributed by atoms with Crippen LogP contribution < -0.4 is 21.9 Å². The van der Waals surface area contributed by atoms with E-state index in [4.69, 9.17) is 0 Å². The topological polar surface area (TPSA) is 102 Å². The summed E-state index contributed by atoms with van der Waals surface area (Å²) < 4.78 is 2.37. The number of rotatable bonds is 9. The minimum atomic E-state index is -0.616. The Bertz CT molecular complexity index is 1550. The van der Waals surface area contributed by atoms with Crippen molar-refractivity contribution in [2.45, 2.75) is 39.7 Å². The number of fused-ring (bicyclic) bond motifs is 1. The highest BCUT2D eigenvalue weighted by molar-refractivity contribution is 5.91. The van der Waals surface area contributed by atoms with Crippen molar-refractivity contribution >= 4 is 28.4 Å². The summed E-state index contributed by atoms with van der Waals surface area (Å²) in [6, 6.07) is 21.0. The Kier molecular flexibility index (Phi) is 7.98. The van der Waals surface area contributed by atoms with Crippen molar-refractivity contribution in [3.05, 3.63) is 105 Å². The second-order valence-corrected chi connectivity index (χ2v) is 8.82. The molecule has 0 spiro atoms. The number of anilines is 1. The molecule has 4 rings (SSSR count). The average Bonchev–Trinajstić information content (AvgIpc) is 2.91. The molecule has 0 aliphatic carbocycles. The number of para-hydroxylation sites is 1. The first-order valence-corrected chi connectivity index (χ1v) is 12.4. The largest absolute Gasteiger partial charge is 0.356 e. The molecular formula is C29H30N4O4. The maximum absolute atomic E-state index is 13.6. The molecule has 8 nitrogen and oxygen atoms in total. The molecule has 1 aromatic heterocycles. The maximum Gasteiger partial charge on any atom is 0.336 e. The fourth-order valence-corrected chi connectivity index (χ4v) is 4.19. The van der Waals surface area contributed by atoms with Crippen molar-refractivity contribution in [1.82, 2.24) is 14.5 Å². The van der Waals surface area contributed by atoms with Crippen LogP contribution in [0.4, 0.5) is 5.69 Å². The van der Waals surface area contributed by atoms with Crippen LogP contribution >= 0.6 is 0 Å². The van der Waals surface area contributed by atoms with Gasteiger partial charge in [0.2, 0.25) is 11.8 Å². The van der Waals surface area contributed by atoms with Gasteiger partial charge in [-0.25, -0.2) is 9.36 Å². The summed E-state index contributed by atoms with van der Waals surface area (Å²) in [6.07, 6.45) is 1.89. The van der Waals surface area contributed by atoms with Crippen LogP contribution in [0.3, 0.4) is 0 Å².